The van der Waals surface area contributed by atoms with E-state index in [4.69, 9.17) is 23.2 Å². The number of carbonyl (C=O) groups is 2. The Labute approximate surface area is 234 Å². The molecule has 0 heterocycles. The van der Waals surface area contributed by atoms with Gasteiger partial charge in [0, 0.05) is 39.9 Å². The minimum atomic E-state index is -0.656. The molecular weight excluding hydrogens is 523 g/mol. The molecule has 0 spiro atoms. The predicted molar refractivity (Wildman–Crippen MR) is 155 cm³/mol. The van der Waals surface area contributed by atoms with Gasteiger partial charge in [-0.15, -0.1) is 11.8 Å². The van der Waals surface area contributed by atoms with Crippen LogP contribution in [0.15, 0.2) is 83.8 Å². The highest BCUT2D eigenvalue weighted by Gasteiger charge is 2.32. The Morgan fingerprint density at radius 1 is 0.892 bits per heavy atom. The van der Waals surface area contributed by atoms with Crippen LogP contribution in [0.3, 0.4) is 0 Å². The number of halogens is 2. The summed E-state index contributed by atoms with van der Waals surface area (Å²) in [6.45, 7) is 6.14. The summed E-state index contributed by atoms with van der Waals surface area (Å²) in [5.74, 6) is 0.569. The average Bonchev–Trinajstić information content (AvgIpc) is 2.84. The summed E-state index contributed by atoms with van der Waals surface area (Å²) in [5.41, 5.74) is 1.46. The highest BCUT2D eigenvalue weighted by atomic mass is 35.5. The first-order chi connectivity index (χ1) is 17.6. The highest BCUT2D eigenvalue weighted by Crippen LogP contribution is 2.23. The molecule has 0 fully saturated rings. The van der Waals surface area contributed by atoms with Crippen LogP contribution in [0.1, 0.15) is 44.7 Å². The van der Waals surface area contributed by atoms with Crippen LogP contribution in [-0.4, -0.2) is 34.0 Å². The summed E-state index contributed by atoms with van der Waals surface area (Å²) in [6, 6.07) is 24.3. The third-order valence-electron chi connectivity index (χ3n) is 5.63. The van der Waals surface area contributed by atoms with Crippen molar-refractivity contribution in [3.05, 3.63) is 100 Å². The Morgan fingerprint density at radius 3 is 2.22 bits per heavy atom. The van der Waals surface area contributed by atoms with Crippen LogP contribution in [0.25, 0.3) is 0 Å². The molecule has 7 heteroatoms. The molecular formula is C30H34Cl2N2O2S. The lowest BCUT2D eigenvalue weighted by Crippen LogP contribution is -2.54. The molecule has 0 saturated carbocycles. The number of nitrogens with zero attached hydrogens (tertiary/aromatic N) is 1. The molecule has 0 aromatic heterocycles. The van der Waals surface area contributed by atoms with Crippen LogP contribution in [-0.2, 0) is 22.6 Å². The number of nitrogens with one attached hydrogen (secondary N) is 1. The van der Waals surface area contributed by atoms with Gasteiger partial charge in [0.2, 0.25) is 11.8 Å². The summed E-state index contributed by atoms with van der Waals surface area (Å²) < 4.78 is 0. The van der Waals surface area contributed by atoms with E-state index in [2.05, 4.69) is 5.32 Å². The molecule has 0 aliphatic carbocycles. The fourth-order valence-corrected chi connectivity index (χ4v) is 5.12. The second-order valence-corrected chi connectivity index (χ2v) is 12.0. The SMILES string of the molecule is CC(C)(C)NC(=O)[C@H](Cc1ccccc1)N(Cc1cccc(Cl)c1)C(=O)CCCSc1ccc(Cl)cc1. The van der Waals surface area contributed by atoms with Gasteiger partial charge < -0.3 is 10.2 Å². The molecule has 1 atom stereocenters. The zero-order valence-corrected chi connectivity index (χ0v) is 23.9. The third-order valence-corrected chi connectivity index (χ3v) is 7.21. The second-order valence-electron chi connectivity index (χ2n) is 10.0. The number of hydrogen-bond acceptors (Lipinski definition) is 3. The van der Waals surface area contributed by atoms with Crippen LogP contribution in [0.4, 0.5) is 0 Å². The lowest BCUT2D eigenvalue weighted by Gasteiger charge is -2.34. The lowest BCUT2D eigenvalue weighted by molar-refractivity contribution is -0.142. The zero-order chi connectivity index (χ0) is 26.8. The Morgan fingerprint density at radius 2 is 1.57 bits per heavy atom. The maximum absolute atomic E-state index is 13.7. The normalized spacial score (nSPS) is 12.1. The number of benzene rings is 3. The van der Waals surface area contributed by atoms with Gasteiger partial charge >= 0.3 is 0 Å². The summed E-state index contributed by atoms with van der Waals surface area (Å²) in [6.07, 6.45) is 1.46. The molecule has 37 heavy (non-hydrogen) atoms. The molecule has 0 unspecified atom stereocenters. The lowest BCUT2D eigenvalue weighted by atomic mass is 10.00. The van der Waals surface area contributed by atoms with Gasteiger partial charge in [0.25, 0.3) is 0 Å². The van der Waals surface area contributed by atoms with Crippen LogP contribution >= 0.6 is 35.0 Å². The summed E-state index contributed by atoms with van der Waals surface area (Å²) in [4.78, 5) is 30.1. The van der Waals surface area contributed by atoms with Crippen LogP contribution in [0.2, 0.25) is 10.0 Å². The van der Waals surface area contributed by atoms with E-state index >= 15 is 0 Å². The van der Waals surface area contributed by atoms with Crippen molar-refractivity contribution in [2.75, 3.05) is 5.75 Å². The molecule has 4 nitrogen and oxygen atoms in total. The van der Waals surface area contributed by atoms with E-state index in [1.54, 1.807) is 22.7 Å². The van der Waals surface area contributed by atoms with Crippen molar-refractivity contribution in [3.8, 4) is 0 Å². The Bertz CT molecular complexity index is 1160. The molecule has 196 valence electrons. The fourth-order valence-electron chi connectivity index (χ4n) is 3.93. The van der Waals surface area contributed by atoms with Crippen molar-refractivity contribution in [3.63, 3.8) is 0 Å². The minimum absolute atomic E-state index is 0.0540. The van der Waals surface area contributed by atoms with E-state index in [9.17, 15) is 9.59 Å². The standard InChI is InChI=1S/C30H34Cl2N2O2S/c1-30(2,3)33-29(36)27(20-22-9-5-4-6-10-22)34(21-23-11-7-12-25(32)19-23)28(35)13-8-18-37-26-16-14-24(31)15-17-26/h4-7,9-12,14-17,19,27H,8,13,18,20-21H2,1-3H3,(H,33,36)/t27-/m0/s1. The maximum atomic E-state index is 13.7. The predicted octanol–water partition coefficient (Wildman–Crippen LogP) is 7.42. The van der Waals surface area contributed by atoms with Gasteiger partial charge in [-0.05, 0) is 80.5 Å². The third kappa shape index (κ3) is 10.1. The molecule has 0 bridgehead atoms. The van der Waals surface area contributed by atoms with Gasteiger partial charge in [-0.1, -0.05) is 65.7 Å². The van der Waals surface area contributed by atoms with Crippen LogP contribution in [0, 0.1) is 0 Å². The molecule has 0 aliphatic rings. The summed E-state index contributed by atoms with van der Waals surface area (Å²) >= 11 is 13.9. The first-order valence-corrected chi connectivity index (χ1v) is 14.1. The molecule has 3 aromatic rings. The smallest absolute Gasteiger partial charge is 0.243 e. The fraction of sp³-hybridized carbons (Fsp3) is 0.333. The van der Waals surface area contributed by atoms with E-state index in [-0.39, 0.29) is 11.8 Å². The second kappa shape index (κ2) is 13.9. The molecule has 3 aromatic carbocycles. The molecule has 2 amide bonds. The van der Waals surface area contributed by atoms with Crippen molar-refractivity contribution in [2.45, 2.75) is 63.1 Å². The summed E-state index contributed by atoms with van der Waals surface area (Å²) in [5, 5.41) is 4.39. The van der Waals surface area contributed by atoms with Gasteiger partial charge in [-0.25, -0.2) is 0 Å². The highest BCUT2D eigenvalue weighted by molar-refractivity contribution is 7.99. The molecule has 0 aliphatic heterocycles. The van der Waals surface area contributed by atoms with E-state index in [0.29, 0.717) is 35.9 Å². The van der Waals surface area contributed by atoms with E-state index in [0.717, 1.165) is 21.8 Å². The number of rotatable bonds is 11. The molecule has 3 rings (SSSR count). The van der Waals surface area contributed by atoms with E-state index < -0.39 is 11.6 Å². The van der Waals surface area contributed by atoms with Crippen LogP contribution in [0.5, 0.6) is 0 Å². The Kier molecular flexibility index (Phi) is 10.9. The minimum Gasteiger partial charge on any atom is -0.350 e. The molecule has 1 N–H and O–H groups in total. The van der Waals surface area contributed by atoms with Crippen molar-refractivity contribution >= 4 is 46.8 Å². The van der Waals surface area contributed by atoms with Crippen molar-refractivity contribution < 1.29 is 9.59 Å². The largest absolute Gasteiger partial charge is 0.350 e. The van der Waals surface area contributed by atoms with Gasteiger partial charge in [0.15, 0.2) is 0 Å². The van der Waals surface area contributed by atoms with E-state index in [1.165, 1.54) is 0 Å². The first-order valence-electron chi connectivity index (χ1n) is 12.4. The van der Waals surface area contributed by atoms with Crippen LogP contribution < -0.4 is 5.32 Å². The van der Waals surface area contributed by atoms with Gasteiger partial charge in [-0.3, -0.25) is 9.59 Å². The van der Waals surface area contributed by atoms with E-state index in [1.807, 2.05) is 93.6 Å². The monoisotopic (exact) mass is 556 g/mol. The van der Waals surface area contributed by atoms with Crippen molar-refractivity contribution in [1.29, 1.82) is 0 Å². The maximum Gasteiger partial charge on any atom is 0.243 e. The van der Waals surface area contributed by atoms with Gasteiger partial charge in [0.05, 0.1) is 0 Å². The Balaban J connectivity index is 1.81. The number of amides is 2. The van der Waals surface area contributed by atoms with Gasteiger partial charge in [-0.2, -0.15) is 0 Å². The molecule has 0 radical (unpaired) electrons. The number of thioether (sulfide) groups is 1. The topological polar surface area (TPSA) is 49.4 Å². The molecule has 0 saturated heterocycles. The first kappa shape index (κ1) is 29.1. The summed E-state index contributed by atoms with van der Waals surface area (Å²) in [7, 11) is 0. The average molecular weight is 558 g/mol. The van der Waals surface area contributed by atoms with Crippen molar-refractivity contribution in [1.82, 2.24) is 10.2 Å². The quantitative estimate of drug-likeness (QED) is 0.197. The Hall–Kier alpha value is -2.47. The van der Waals surface area contributed by atoms with Gasteiger partial charge in [0.1, 0.15) is 6.04 Å². The van der Waals surface area contributed by atoms with Crippen molar-refractivity contribution in [2.24, 2.45) is 0 Å². The zero-order valence-electron chi connectivity index (χ0n) is 21.5. The number of hydrogen-bond donors (Lipinski definition) is 1. The number of carbonyl (C=O) groups excluding carboxylic acids is 2.